The van der Waals surface area contributed by atoms with Gasteiger partial charge in [0, 0.05) is 10.2 Å². The van der Waals surface area contributed by atoms with Gasteiger partial charge in [-0.15, -0.1) is 0 Å². The van der Waals surface area contributed by atoms with Crippen LogP contribution in [0.1, 0.15) is 6.42 Å². The molecule has 0 aromatic heterocycles. The summed E-state index contributed by atoms with van der Waals surface area (Å²) in [5, 5.41) is 3.47. The molecule has 1 heterocycles. The number of para-hydroxylation sites is 1. The van der Waals surface area contributed by atoms with Crippen molar-refractivity contribution >= 4 is 50.7 Å². The van der Waals surface area contributed by atoms with Crippen molar-refractivity contribution in [2.24, 2.45) is 0 Å². The Balaban J connectivity index is 1.82. The molecule has 4 nitrogen and oxygen atoms in total. The summed E-state index contributed by atoms with van der Waals surface area (Å²) >= 11 is 9.44. The van der Waals surface area contributed by atoms with Gasteiger partial charge in [0.2, 0.25) is 5.91 Å². The van der Waals surface area contributed by atoms with Crippen LogP contribution in [0.25, 0.3) is 0 Å². The van der Waals surface area contributed by atoms with Gasteiger partial charge in [-0.3, -0.25) is 9.59 Å². The topological polar surface area (TPSA) is 49.4 Å². The first-order chi connectivity index (χ1) is 10.6. The zero-order valence-corrected chi connectivity index (χ0v) is 13.8. The summed E-state index contributed by atoms with van der Waals surface area (Å²) in [6, 6.07) is 13.7. The number of anilines is 2. The molecule has 0 bridgehead atoms. The minimum Gasteiger partial charge on any atom is -0.373 e. The summed E-state index contributed by atoms with van der Waals surface area (Å²) in [6.07, 6.45) is 0.111. The van der Waals surface area contributed by atoms with Gasteiger partial charge in [-0.2, -0.15) is 0 Å². The number of carbonyl (C=O) groups excluding carboxylic acids is 2. The van der Waals surface area contributed by atoms with E-state index in [9.17, 15) is 9.59 Å². The molecule has 1 fully saturated rings. The molecule has 1 aliphatic rings. The van der Waals surface area contributed by atoms with Crippen LogP contribution < -0.4 is 10.2 Å². The molecule has 1 saturated heterocycles. The van der Waals surface area contributed by atoms with Gasteiger partial charge in [0.15, 0.2) is 0 Å². The van der Waals surface area contributed by atoms with Crippen molar-refractivity contribution < 1.29 is 9.59 Å². The lowest BCUT2D eigenvalue weighted by Crippen LogP contribution is -2.34. The standard InChI is InChI=1S/C16H12BrClN2O2/c17-10-5-7-11(8-6-10)19-13-9-15(21)20(16(13)22)14-4-2-1-3-12(14)18/h1-8,13,19H,9H2/t13-/m1/s1. The van der Waals surface area contributed by atoms with Gasteiger partial charge in [0.25, 0.3) is 5.91 Å². The highest BCUT2D eigenvalue weighted by Crippen LogP contribution is 2.30. The van der Waals surface area contributed by atoms with E-state index in [-0.39, 0.29) is 18.2 Å². The minimum absolute atomic E-state index is 0.111. The second kappa shape index (κ2) is 6.10. The average Bonchev–Trinajstić information content (AvgIpc) is 2.77. The molecule has 0 aliphatic carbocycles. The maximum atomic E-state index is 12.5. The third kappa shape index (κ3) is 2.87. The van der Waals surface area contributed by atoms with Gasteiger partial charge < -0.3 is 5.32 Å². The average molecular weight is 380 g/mol. The van der Waals surface area contributed by atoms with Gasteiger partial charge in [-0.05, 0) is 36.4 Å². The highest BCUT2D eigenvalue weighted by molar-refractivity contribution is 9.10. The van der Waals surface area contributed by atoms with E-state index < -0.39 is 6.04 Å². The van der Waals surface area contributed by atoms with Crippen LogP contribution in [0.4, 0.5) is 11.4 Å². The number of benzene rings is 2. The fourth-order valence-corrected chi connectivity index (χ4v) is 2.86. The second-order valence-corrected chi connectivity index (χ2v) is 6.25. The fourth-order valence-electron chi connectivity index (χ4n) is 2.38. The molecule has 6 heteroatoms. The second-order valence-electron chi connectivity index (χ2n) is 4.93. The largest absolute Gasteiger partial charge is 0.373 e. The number of rotatable bonds is 3. The lowest BCUT2D eigenvalue weighted by Gasteiger charge is -2.17. The molecule has 0 radical (unpaired) electrons. The maximum absolute atomic E-state index is 12.5. The Morgan fingerprint density at radius 3 is 2.45 bits per heavy atom. The normalized spacial score (nSPS) is 17.9. The number of carbonyl (C=O) groups is 2. The van der Waals surface area contributed by atoms with Crippen LogP contribution in [-0.4, -0.2) is 17.9 Å². The number of nitrogens with zero attached hydrogens (tertiary/aromatic N) is 1. The SMILES string of the molecule is O=C1C[C@@H](Nc2ccc(Br)cc2)C(=O)N1c1ccccc1Cl. The molecular formula is C16H12BrClN2O2. The lowest BCUT2D eigenvalue weighted by atomic mass is 10.2. The van der Waals surface area contributed by atoms with Crippen molar-refractivity contribution in [2.75, 3.05) is 10.2 Å². The van der Waals surface area contributed by atoms with Crippen LogP contribution in [0.3, 0.4) is 0 Å². The summed E-state index contributed by atoms with van der Waals surface area (Å²) in [5.74, 6) is -0.547. The molecule has 0 unspecified atom stereocenters. The summed E-state index contributed by atoms with van der Waals surface area (Å²) in [7, 11) is 0. The number of imide groups is 1. The Labute approximate surface area is 141 Å². The van der Waals surface area contributed by atoms with Crippen molar-refractivity contribution in [3.63, 3.8) is 0 Å². The van der Waals surface area contributed by atoms with E-state index in [2.05, 4.69) is 21.2 Å². The van der Waals surface area contributed by atoms with E-state index in [1.165, 1.54) is 0 Å². The molecule has 0 spiro atoms. The Morgan fingerprint density at radius 2 is 1.77 bits per heavy atom. The highest BCUT2D eigenvalue weighted by Gasteiger charge is 2.40. The summed E-state index contributed by atoms with van der Waals surface area (Å²) < 4.78 is 0.949. The summed E-state index contributed by atoms with van der Waals surface area (Å²) in [5.41, 5.74) is 1.22. The van der Waals surface area contributed by atoms with E-state index in [0.29, 0.717) is 10.7 Å². The van der Waals surface area contributed by atoms with E-state index in [1.807, 2.05) is 24.3 Å². The number of hydrogen-bond donors (Lipinski definition) is 1. The van der Waals surface area contributed by atoms with Crippen molar-refractivity contribution in [3.8, 4) is 0 Å². The zero-order chi connectivity index (χ0) is 15.7. The van der Waals surface area contributed by atoms with E-state index >= 15 is 0 Å². The van der Waals surface area contributed by atoms with Gasteiger partial charge in [0.1, 0.15) is 6.04 Å². The van der Waals surface area contributed by atoms with Crippen molar-refractivity contribution in [1.29, 1.82) is 0 Å². The Kier molecular flexibility index (Phi) is 4.18. The molecule has 2 aromatic rings. The Bertz CT molecular complexity index is 733. The monoisotopic (exact) mass is 378 g/mol. The van der Waals surface area contributed by atoms with Crippen molar-refractivity contribution in [2.45, 2.75) is 12.5 Å². The number of amides is 2. The smallest absolute Gasteiger partial charge is 0.256 e. The van der Waals surface area contributed by atoms with Crippen LogP contribution >= 0.6 is 27.5 Å². The Hall–Kier alpha value is -1.85. The molecule has 1 N–H and O–H groups in total. The zero-order valence-electron chi connectivity index (χ0n) is 11.4. The molecule has 112 valence electrons. The van der Waals surface area contributed by atoms with Crippen LogP contribution in [0.2, 0.25) is 5.02 Å². The molecule has 0 saturated carbocycles. The summed E-state index contributed by atoms with van der Waals surface area (Å²) in [4.78, 5) is 25.9. The van der Waals surface area contributed by atoms with Gasteiger partial charge >= 0.3 is 0 Å². The van der Waals surface area contributed by atoms with Gasteiger partial charge in [-0.25, -0.2) is 4.90 Å². The third-order valence-electron chi connectivity index (χ3n) is 3.43. The molecular weight excluding hydrogens is 368 g/mol. The molecule has 3 rings (SSSR count). The third-order valence-corrected chi connectivity index (χ3v) is 4.27. The van der Waals surface area contributed by atoms with E-state index in [0.717, 1.165) is 15.1 Å². The predicted molar refractivity (Wildman–Crippen MR) is 90.1 cm³/mol. The first kappa shape index (κ1) is 15.1. The van der Waals surface area contributed by atoms with Crippen LogP contribution in [0.5, 0.6) is 0 Å². The molecule has 22 heavy (non-hydrogen) atoms. The Morgan fingerprint density at radius 1 is 1.09 bits per heavy atom. The molecule has 2 aromatic carbocycles. The maximum Gasteiger partial charge on any atom is 0.256 e. The fraction of sp³-hybridized carbons (Fsp3) is 0.125. The van der Waals surface area contributed by atoms with Crippen LogP contribution in [0.15, 0.2) is 53.0 Å². The highest BCUT2D eigenvalue weighted by atomic mass is 79.9. The first-order valence-electron chi connectivity index (χ1n) is 6.69. The molecule has 1 aliphatic heterocycles. The van der Waals surface area contributed by atoms with Gasteiger partial charge in [-0.1, -0.05) is 39.7 Å². The number of halogens is 2. The minimum atomic E-state index is -0.579. The van der Waals surface area contributed by atoms with E-state index in [1.54, 1.807) is 24.3 Å². The van der Waals surface area contributed by atoms with Crippen LogP contribution in [-0.2, 0) is 9.59 Å². The predicted octanol–water partition coefficient (Wildman–Crippen LogP) is 3.85. The lowest BCUT2D eigenvalue weighted by molar-refractivity contribution is -0.121. The number of hydrogen-bond acceptors (Lipinski definition) is 3. The van der Waals surface area contributed by atoms with Gasteiger partial charge in [0.05, 0.1) is 17.1 Å². The van der Waals surface area contributed by atoms with Crippen molar-refractivity contribution in [1.82, 2.24) is 0 Å². The summed E-state index contributed by atoms with van der Waals surface area (Å²) in [6.45, 7) is 0. The molecule has 2 amide bonds. The van der Waals surface area contributed by atoms with E-state index in [4.69, 9.17) is 11.6 Å². The van der Waals surface area contributed by atoms with Crippen molar-refractivity contribution in [3.05, 3.63) is 58.0 Å². The number of nitrogens with one attached hydrogen (secondary N) is 1. The molecule has 1 atom stereocenters. The quantitative estimate of drug-likeness (QED) is 0.824. The first-order valence-corrected chi connectivity index (χ1v) is 7.87. The van der Waals surface area contributed by atoms with Crippen LogP contribution in [0, 0.1) is 0 Å².